The summed E-state index contributed by atoms with van der Waals surface area (Å²) in [4.78, 5) is 47.8. The molecule has 126 valence electrons. The topological polar surface area (TPSA) is 107 Å². The molecule has 2 aromatic carbocycles. The van der Waals surface area contributed by atoms with Gasteiger partial charge in [0.1, 0.15) is 11.8 Å². The summed E-state index contributed by atoms with van der Waals surface area (Å²) in [5.41, 5.74) is 0.332. The monoisotopic (exact) mass is 340 g/mol. The molecule has 1 heterocycles. The molecule has 0 fully saturated rings. The van der Waals surface area contributed by atoms with Crippen molar-refractivity contribution >= 4 is 23.5 Å². The van der Waals surface area contributed by atoms with Gasteiger partial charge in [-0.2, -0.15) is 0 Å². The quantitative estimate of drug-likeness (QED) is 0.278. The third-order valence-corrected chi connectivity index (χ3v) is 3.82. The van der Waals surface area contributed by atoms with Crippen molar-refractivity contribution in [3.05, 3.63) is 69.8 Å². The summed E-state index contributed by atoms with van der Waals surface area (Å²) in [5, 5.41) is 10.6. The summed E-state index contributed by atoms with van der Waals surface area (Å²) in [5.74, 6) is -1.86. The number of carbonyl (C=O) groups excluding carboxylic acids is 3. The van der Waals surface area contributed by atoms with E-state index in [-0.39, 0.29) is 22.6 Å². The summed E-state index contributed by atoms with van der Waals surface area (Å²) in [6.07, 6.45) is 0. The number of hydrogen-bond acceptors (Lipinski definition) is 6. The van der Waals surface area contributed by atoms with E-state index in [0.29, 0.717) is 0 Å². The van der Waals surface area contributed by atoms with Crippen molar-refractivity contribution in [3.63, 3.8) is 0 Å². The van der Waals surface area contributed by atoms with Crippen LogP contribution in [0.15, 0.2) is 48.5 Å². The summed E-state index contributed by atoms with van der Waals surface area (Å²) >= 11 is 0. The van der Waals surface area contributed by atoms with Crippen LogP contribution in [0, 0.1) is 10.1 Å². The average molecular weight is 340 g/mol. The van der Waals surface area contributed by atoms with Gasteiger partial charge in [0.15, 0.2) is 0 Å². The number of hydrogen-bond donors (Lipinski definition) is 0. The molecule has 0 saturated carbocycles. The number of imide groups is 1. The van der Waals surface area contributed by atoms with Gasteiger partial charge in [-0.1, -0.05) is 12.1 Å². The highest BCUT2D eigenvalue weighted by atomic mass is 16.6. The van der Waals surface area contributed by atoms with E-state index in [1.54, 1.807) is 12.1 Å². The lowest BCUT2D eigenvalue weighted by molar-refractivity contribution is -0.384. The maximum Gasteiger partial charge on any atom is 0.334 e. The average Bonchev–Trinajstić information content (AvgIpc) is 2.86. The molecule has 2 amide bonds. The number of benzene rings is 2. The number of ether oxygens (including phenoxy) is 1. The first-order chi connectivity index (χ1) is 11.9. The first-order valence-corrected chi connectivity index (χ1v) is 7.33. The molecule has 0 aliphatic carbocycles. The van der Waals surface area contributed by atoms with E-state index in [2.05, 4.69) is 0 Å². The second-order valence-corrected chi connectivity index (χ2v) is 5.37. The zero-order chi connectivity index (χ0) is 18.1. The summed E-state index contributed by atoms with van der Waals surface area (Å²) in [6, 6.07) is 10.1. The Labute approximate surface area is 141 Å². The minimum atomic E-state index is -1.14. The van der Waals surface area contributed by atoms with Gasteiger partial charge in [-0.25, -0.2) is 4.79 Å². The Morgan fingerprint density at radius 3 is 2.04 bits per heavy atom. The van der Waals surface area contributed by atoms with Crippen LogP contribution in [0.25, 0.3) is 0 Å². The van der Waals surface area contributed by atoms with E-state index in [4.69, 9.17) is 4.74 Å². The van der Waals surface area contributed by atoms with E-state index in [9.17, 15) is 24.5 Å². The number of carbonyl (C=O) groups is 3. The van der Waals surface area contributed by atoms with E-state index < -0.39 is 28.7 Å². The van der Waals surface area contributed by atoms with Crippen LogP contribution in [-0.2, 0) is 4.79 Å². The first kappa shape index (κ1) is 16.3. The number of nitrogens with zero attached hydrogens (tertiary/aromatic N) is 2. The SMILES string of the molecule is CC(C(=O)Oc1ccc([N+](=O)[O-])cc1)N1C(=O)c2ccccc2C1=O. The van der Waals surface area contributed by atoms with Crippen molar-refractivity contribution in [3.8, 4) is 5.75 Å². The van der Waals surface area contributed by atoms with Crippen molar-refractivity contribution in [2.45, 2.75) is 13.0 Å². The highest BCUT2D eigenvalue weighted by Gasteiger charge is 2.41. The first-order valence-electron chi connectivity index (χ1n) is 7.33. The molecule has 0 bridgehead atoms. The highest BCUT2D eigenvalue weighted by molar-refractivity contribution is 6.22. The van der Waals surface area contributed by atoms with Crippen LogP contribution in [0.5, 0.6) is 5.75 Å². The lowest BCUT2D eigenvalue weighted by Gasteiger charge is -2.20. The molecule has 3 rings (SSSR count). The van der Waals surface area contributed by atoms with Crippen LogP contribution < -0.4 is 4.74 Å². The second kappa shape index (κ2) is 6.16. The minimum Gasteiger partial charge on any atom is -0.425 e. The van der Waals surface area contributed by atoms with Crippen LogP contribution in [-0.4, -0.2) is 33.6 Å². The Morgan fingerprint density at radius 1 is 1.04 bits per heavy atom. The summed E-state index contributed by atoms with van der Waals surface area (Å²) < 4.78 is 5.11. The van der Waals surface area contributed by atoms with Crippen LogP contribution in [0.1, 0.15) is 27.6 Å². The Kier molecular flexibility index (Phi) is 4.02. The molecular weight excluding hydrogens is 328 g/mol. The van der Waals surface area contributed by atoms with Gasteiger partial charge in [0.05, 0.1) is 16.1 Å². The molecule has 1 atom stereocenters. The molecule has 8 heteroatoms. The molecular formula is C17H12N2O6. The number of rotatable bonds is 4. The van der Waals surface area contributed by atoms with Crippen molar-refractivity contribution in [1.82, 2.24) is 4.90 Å². The van der Waals surface area contributed by atoms with Gasteiger partial charge in [-0.05, 0) is 31.2 Å². The third kappa shape index (κ3) is 2.85. The van der Waals surface area contributed by atoms with Gasteiger partial charge in [0.2, 0.25) is 0 Å². The van der Waals surface area contributed by atoms with Crippen LogP contribution in [0.3, 0.4) is 0 Å². The fourth-order valence-corrected chi connectivity index (χ4v) is 2.50. The zero-order valence-corrected chi connectivity index (χ0v) is 13.0. The summed E-state index contributed by atoms with van der Waals surface area (Å²) in [7, 11) is 0. The molecule has 8 nitrogen and oxygen atoms in total. The molecule has 0 spiro atoms. The molecule has 0 N–H and O–H groups in total. The molecule has 1 unspecified atom stereocenters. The number of non-ortho nitro benzene ring substituents is 1. The molecule has 2 aromatic rings. The van der Waals surface area contributed by atoms with Crippen molar-refractivity contribution < 1.29 is 24.0 Å². The number of nitro groups is 1. The second-order valence-electron chi connectivity index (χ2n) is 5.37. The fraction of sp³-hybridized carbons (Fsp3) is 0.118. The highest BCUT2D eigenvalue weighted by Crippen LogP contribution is 2.25. The van der Waals surface area contributed by atoms with Gasteiger partial charge in [-0.15, -0.1) is 0 Å². The smallest absolute Gasteiger partial charge is 0.334 e. The lowest BCUT2D eigenvalue weighted by atomic mass is 10.1. The maximum atomic E-state index is 12.3. The molecule has 1 aliphatic rings. The Hall–Kier alpha value is -3.55. The van der Waals surface area contributed by atoms with Crippen LogP contribution in [0.4, 0.5) is 5.69 Å². The Balaban J connectivity index is 1.76. The maximum absolute atomic E-state index is 12.3. The van der Waals surface area contributed by atoms with Gasteiger partial charge in [0.25, 0.3) is 17.5 Å². The van der Waals surface area contributed by atoms with Gasteiger partial charge >= 0.3 is 5.97 Å². The van der Waals surface area contributed by atoms with Gasteiger partial charge in [-0.3, -0.25) is 24.6 Å². The molecule has 25 heavy (non-hydrogen) atoms. The van der Waals surface area contributed by atoms with E-state index in [0.717, 1.165) is 4.90 Å². The van der Waals surface area contributed by atoms with Crippen LogP contribution in [0.2, 0.25) is 0 Å². The molecule has 1 aliphatic heterocycles. The number of esters is 1. The van der Waals surface area contributed by atoms with Crippen molar-refractivity contribution in [2.75, 3.05) is 0 Å². The lowest BCUT2D eigenvalue weighted by Crippen LogP contribution is -2.44. The Bertz CT molecular complexity index is 855. The molecule has 0 aromatic heterocycles. The number of fused-ring (bicyclic) bond motifs is 1. The number of amides is 2. The summed E-state index contributed by atoms with van der Waals surface area (Å²) in [6.45, 7) is 1.38. The van der Waals surface area contributed by atoms with E-state index in [1.807, 2.05) is 0 Å². The minimum absolute atomic E-state index is 0.0825. The van der Waals surface area contributed by atoms with Gasteiger partial charge in [0, 0.05) is 12.1 Å². The molecule has 0 saturated heterocycles. The number of nitro benzene ring substituents is 1. The standard InChI is InChI=1S/C17H12N2O6/c1-10(17(22)25-12-8-6-11(7-9-12)19(23)24)18-15(20)13-4-2-3-5-14(13)16(18)21/h2-10H,1H3. The van der Waals surface area contributed by atoms with Gasteiger partial charge < -0.3 is 4.74 Å². The predicted octanol–water partition coefficient (Wildman–Crippen LogP) is 2.18. The van der Waals surface area contributed by atoms with Crippen molar-refractivity contribution in [2.24, 2.45) is 0 Å². The van der Waals surface area contributed by atoms with E-state index in [1.165, 1.54) is 43.3 Å². The Morgan fingerprint density at radius 2 is 1.56 bits per heavy atom. The molecule has 0 radical (unpaired) electrons. The van der Waals surface area contributed by atoms with E-state index >= 15 is 0 Å². The van der Waals surface area contributed by atoms with Crippen molar-refractivity contribution in [1.29, 1.82) is 0 Å². The predicted molar refractivity (Wildman–Crippen MR) is 85.1 cm³/mol. The largest absolute Gasteiger partial charge is 0.425 e. The fourth-order valence-electron chi connectivity index (χ4n) is 2.50. The third-order valence-electron chi connectivity index (χ3n) is 3.82. The normalized spacial score (nSPS) is 14.2. The van der Waals surface area contributed by atoms with Crippen LogP contribution >= 0.6 is 0 Å². The zero-order valence-electron chi connectivity index (χ0n) is 13.0.